The lowest BCUT2D eigenvalue weighted by molar-refractivity contribution is 0.0994. The highest BCUT2D eigenvalue weighted by Gasteiger charge is 2.31. The Kier molecular flexibility index (Phi) is 22.9. The topological polar surface area (TPSA) is 199 Å². The smallest absolute Gasteiger partial charge is 0.163 e. The van der Waals surface area contributed by atoms with E-state index in [0.29, 0.717) is 28.7 Å². The fourth-order valence-electron chi connectivity index (χ4n) is 15.1. The number of aromatic hydroxyl groups is 2. The van der Waals surface area contributed by atoms with Gasteiger partial charge in [0.15, 0.2) is 5.78 Å². The minimum atomic E-state index is 0.220. The number of allylic oxidation sites excluding steroid dienone is 4. The van der Waals surface area contributed by atoms with Crippen molar-refractivity contribution < 1.29 is 38.7 Å². The third kappa shape index (κ3) is 15.3. The first kappa shape index (κ1) is 74.8. The van der Waals surface area contributed by atoms with E-state index in [9.17, 15) is 36.1 Å². The van der Waals surface area contributed by atoms with Crippen LogP contribution in [0.3, 0.4) is 0 Å². The molecule has 16 rings (SSSR count). The number of rotatable bonds is 11. The van der Waals surface area contributed by atoms with Gasteiger partial charge in [0.1, 0.15) is 40.2 Å². The quantitative estimate of drug-likeness (QED) is 0.124. The SMILES string of the molecule is COc1cc(C)c2c(c1)C(=O)CC2.COc1cc(C)c2c(c1)C(c1ccccc1C#N)=C(Br)C2.COc1cc(C)c2c(c1)C(c1ccccc1C#N)=CC2.COc1ccc(C2=C(c3ccccc3C#N)c3cc(OC)cc(C)c3C2)cc1.Cc1cc(O)cc2c1CC(c1ccc(O)cc1)=C2c1ccccc1C#N. The van der Waals surface area contributed by atoms with E-state index in [0.717, 1.165) is 160 Å². The standard InChI is InChI=1S/C25H21NO2.C23H17NO2.C18H14BrNO.C18H15NO.C11H12O2/c1-16-12-20(28-3)13-24-22(16)14-23(17-8-10-19(27-2)11-9-17)25(24)21-7-5-4-6-18(21)15-26;1-14-10-18(26)11-22-20(14)12-21(15-6-8-17(25)9-7-15)23(22)19-5-3-2-4-16(19)13-24;1-11-7-13(21-2)8-16-15(11)9-17(19)18(16)14-6-4-3-5-12(14)10-20;1-12-9-14(20-2)10-18-15(12)7-8-17(18)16-6-4-3-5-13(16)11-19;1-7-5-8(13-2)6-10-9(7)3-4-11(10)12/h4-13H,14H2,1-3H3;2-11,25-26H,12H2,1H3;3-8H,9H2,1-2H3;3-6,8-10H,7H2,1-2H3;5-6H,3-4H2,1-2H3. The zero-order valence-electron chi connectivity index (χ0n) is 62.0. The Labute approximate surface area is 640 Å². The Balaban J connectivity index is 0.000000128. The molecular weight excluding hydrogens is 1400 g/mol. The molecule has 0 radical (unpaired) electrons. The van der Waals surface area contributed by atoms with Gasteiger partial charge in [0.2, 0.25) is 0 Å². The summed E-state index contributed by atoms with van der Waals surface area (Å²) in [4.78, 5) is 11.4. The van der Waals surface area contributed by atoms with E-state index in [2.05, 4.69) is 116 Å². The molecule has 0 bridgehead atoms. The molecule has 13 heteroatoms. The summed E-state index contributed by atoms with van der Waals surface area (Å²) in [6, 6.07) is 75.0. The highest BCUT2D eigenvalue weighted by atomic mass is 79.9. The van der Waals surface area contributed by atoms with Crippen LogP contribution in [0.2, 0.25) is 0 Å². The zero-order chi connectivity index (χ0) is 76.4. The van der Waals surface area contributed by atoms with Crippen LogP contribution in [-0.2, 0) is 32.1 Å². The minimum Gasteiger partial charge on any atom is -0.508 e. The van der Waals surface area contributed by atoms with Gasteiger partial charge in [-0.3, -0.25) is 4.79 Å². The second-order valence-corrected chi connectivity index (χ2v) is 27.8. The van der Waals surface area contributed by atoms with Crippen LogP contribution in [0, 0.1) is 79.9 Å². The lowest BCUT2D eigenvalue weighted by Gasteiger charge is -2.13. The molecule has 0 saturated carbocycles. The average molecular weight is 1480 g/mol. The summed E-state index contributed by atoms with van der Waals surface area (Å²) >= 11 is 3.70. The molecule has 0 spiro atoms. The third-order valence-electron chi connectivity index (χ3n) is 20.6. The molecule has 12 nitrogen and oxygen atoms in total. The summed E-state index contributed by atoms with van der Waals surface area (Å²) in [7, 11) is 8.35. The molecule has 2 N–H and O–H groups in total. The zero-order valence-corrected chi connectivity index (χ0v) is 63.5. The number of hydrogen-bond acceptors (Lipinski definition) is 12. The number of benzene rings is 11. The first-order valence-electron chi connectivity index (χ1n) is 35.4. The van der Waals surface area contributed by atoms with Crippen molar-refractivity contribution in [3.05, 3.63) is 356 Å². The van der Waals surface area contributed by atoms with Gasteiger partial charge >= 0.3 is 0 Å². The van der Waals surface area contributed by atoms with Crippen LogP contribution in [0.15, 0.2) is 217 Å². The van der Waals surface area contributed by atoms with Gasteiger partial charge in [0.25, 0.3) is 0 Å². The number of nitriles is 4. The van der Waals surface area contributed by atoms with Crippen molar-refractivity contribution in [1.82, 2.24) is 0 Å². The Morgan fingerprint density at radius 1 is 0.343 bits per heavy atom. The van der Waals surface area contributed by atoms with Crippen molar-refractivity contribution in [2.45, 2.75) is 73.1 Å². The van der Waals surface area contributed by atoms with E-state index in [1.54, 1.807) is 59.8 Å². The Morgan fingerprint density at radius 2 is 0.704 bits per heavy atom. The van der Waals surface area contributed by atoms with Crippen LogP contribution in [0.4, 0.5) is 0 Å². The summed E-state index contributed by atoms with van der Waals surface area (Å²) < 4.78 is 27.8. The van der Waals surface area contributed by atoms with E-state index in [-0.39, 0.29) is 17.3 Å². The lowest BCUT2D eigenvalue weighted by Crippen LogP contribution is -1.95. The van der Waals surface area contributed by atoms with Gasteiger partial charge in [0, 0.05) is 45.2 Å². The molecule has 0 amide bonds. The highest BCUT2D eigenvalue weighted by Crippen LogP contribution is 2.49. The Bertz CT molecular complexity index is 5710. The number of carbonyl (C=O) groups is 1. The van der Waals surface area contributed by atoms with Crippen molar-refractivity contribution in [1.29, 1.82) is 21.0 Å². The maximum absolute atomic E-state index is 11.4. The summed E-state index contributed by atoms with van der Waals surface area (Å²) in [6.45, 7) is 10.3. The van der Waals surface area contributed by atoms with Gasteiger partial charge in [0.05, 0.1) is 82.1 Å². The van der Waals surface area contributed by atoms with Crippen LogP contribution >= 0.6 is 15.9 Å². The van der Waals surface area contributed by atoms with Crippen LogP contribution in [-0.4, -0.2) is 51.5 Å². The van der Waals surface area contributed by atoms with Gasteiger partial charge in [-0.1, -0.05) is 119 Å². The van der Waals surface area contributed by atoms with Gasteiger partial charge in [-0.2, -0.15) is 21.0 Å². The molecule has 5 aliphatic carbocycles. The molecule has 0 fully saturated rings. The molecule has 0 unspecified atom stereocenters. The van der Waals surface area contributed by atoms with E-state index in [4.69, 9.17) is 23.7 Å². The van der Waals surface area contributed by atoms with E-state index >= 15 is 0 Å². The number of aryl methyl sites for hydroxylation is 5. The lowest BCUT2D eigenvalue weighted by atomic mass is 9.91. The molecule has 11 aromatic carbocycles. The normalized spacial score (nSPS) is 12.9. The Hall–Kier alpha value is -12.9. The number of carbonyl (C=O) groups excluding carboxylic acids is 1. The van der Waals surface area contributed by atoms with Gasteiger partial charge < -0.3 is 33.9 Å². The molecule has 0 heterocycles. The molecule has 534 valence electrons. The van der Waals surface area contributed by atoms with Crippen LogP contribution in [0.5, 0.6) is 40.2 Å². The predicted molar refractivity (Wildman–Crippen MR) is 431 cm³/mol. The van der Waals surface area contributed by atoms with Crippen molar-refractivity contribution in [2.75, 3.05) is 35.5 Å². The number of hydrogen-bond donors (Lipinski definition) is 2. The van der Waals surface area contributed by atoms with Gasteiger partial charge in [-0.25, -0.2) is 0 Å². The van der Waals surface area contributed by atoms with Crippen molar-refractivity contribution in [3.63, 3.8) is 0 Å². The second kappa shape index (κ2) is 33.0. The number of ketones is 1. The summed E-state index contributed by atoms with van der Waals surface area (Å²) in [5, 5.41) is 57.7. The summed E-state index contributed by atoms with van der Waals surface area (Å²) in [5.74, 6) is 4.85. The number of nitrogens with zero attached hydrogens (tertiary/aromatic N) is 4. The van der Waals surface area contributed by atoms with Crippen molar-refractivity contribution in [2.24, 2.45) is 0 Å². The minimum absolute atomic E-state index is 0.220. The molecule has 0 saturated heterocycles. The van der Waals surface area contributed by atoms with Crippen LogP contribution in [0.1, 0.15) is 150 Å². The number of ether oxygens (including phenoxy) is 5. The maximum atomic E-state index is 11.4. The van der Waals surface area contributed by atoms with E-state index < -0.39 is 0 Å². The number of halogens is 1. The fourth-order valence-corrected chi connectivity index (χ4v) is 15.8. The number of phenols is 2. The van der Waals surface area contributed by atoms with Crippen molar-refractivity contribution >= 4 is 55.2 Å². The van der Waals surface area contributed by atoms with Gasteiger partial charge in [-0.15, -0.1) is 0 Å². The largest absolute Gasteiger partial charge is 0.508 e. The monoisotopic (exact) mass is 1480 g/mol. The molecule has 11 aromatic rings. The summed E-state index contributed by atoms with van der Waals surface area (Å²) in [5.41, 5.74) is 32.7. The fraction of sp³-hybridized carbons (Fsp3) is 0.168. The summed E-state index contributed by atoms with van der Waals surface area (Å²) in [6.07, 6.45) is 7.08. The molecule has 108 heavy (non-hydrogen) atoms. The van der Waals surface area contributed by atoms with Gasteiger partial charge in [-0.05, 0) is 292 Å². The van der Waals surface area contributed by atoms with E-state index in [1.165, 1.54) is 55.6 Å². The maximum Gasteiger partial charge on any atom is 0.163 e. The highest BCUT2D eigenvalue weighted by molar-refractivity contribution is 9.11. The second-order valence-electron chi connectivity index (χ2n) is 26.8. The molecule has 0 atom stereocenters. The molecule has 0 aliphatic heterocycles. The number of phenolic OH excluding ortho intramolecular Hbond substituents is 2. The Morgan fingerprint density at radius 3 is 1.17 bits per heavy atom. The third-order valence-corrected chi connectivity index (χ3v) is 21.2. The number of fused-ring (bicyclic) bond motifs is 5. The van der Waals surface area contributed by atoms with E-state index in [1.807, 2.05) is 147 Å². The first-order chi connectivity index (χ1) is 52.3. The molecule has 5 aliphatic rings. The number of methoxy groups -OCH3 is 5. The van der Waals surface area contributed by atoms with Crippen LogP contribution < -0.4 is 23.7 Å². The molecule has 0 aromatic heterocycles. The van der Waals surface area contributed by atoms with Crippen molar-refractivity contribution in [3.8, 4) is 64.5 Å². The van der Waals surface area contributed by atoms with Crippen LogP contribution in [0.25, 0.3) is 33.4 Å². The average Bonchev–Trinajstić information content (AvgIpc) is 1.63. The number of Topliss-reactive ketones (excluding diaryl/α,β-unsaturated/α-hetero) is 1. The predicted octanol–water partition coefficient (Wildman–Crippen LogP) is 20.8. The molecular formula is C95H79BrN4O8. The first-order valence-corrected chi connectivity index (χ1v) is 36.2.